The molecule has 2 rings (SSSR count). The van der Waals surface area contributed by atoms with Crippen LogP contribution in [0, 0.1) is 0 Å². The van der Waals surface area contributed by atoms with Crippen LogP contribution in [-0.2, 0) is 16.6 Å². The van der Waals surface area contributed by atoms with Crippen LogP contribution in [0.1, 0.15) is 12.5 Å². The monoisotopic (exact) mass is 228 g/mol. The first-order valence-electron chi connectivity index (χ1n) is 4.43. The zero-order valence-corrected chi connectivity index (χ0v) is 8.83. The molecule has 0 aliphatic carbocycles. The first-order valence-corrected chi connectivity index (χ1v) is 5.82. The van der Waals surface area contributed by atoms with Crippen molar-refractivity contribution in [3.8, 4) is 0 Å². The molecule has 80 valence electrons. The van der Waals surface area contributed by atoms with E-state index in [-0.39, 0.29) is 0 Å². The van der Waals surface area contributed by atoms with Gasteiger partial charge in [-0.25, -0.2) is 4.98 Å². The Morgan fingerprint density at radius 2 is 2.27 bits per heavy atom. The third kappa shape index (κ3) is 1.61. The molecule has 0 unspecified atom stereocenters. The van der Waals surface area contributed by atoms with Crippen LogP contribution in [0.2, 0.25) is 0 Å². The summed E-state index contributed by atoms with van der Waals surface area (Å²) in [5.74, 6) is 0. The lowest BCUT2D eigenvalue weighted by atomic mass is 10.2. The fraction of sp³-hybridized carbons (Fsp3) is 0.222. The second-order valence-corrected chi connectivity index (χ2v) is 4.41. The normalized spacial score (nSPS) is 12.1. The third-order valence-corrected chi connectivity index (χ3v) is 3.02. The summed E-state index contributed by atoms with van der Waals surface area (Å²) in [5.41, 5.74) is 1.36. The summed E-state index contributed by atoms with van der Waals surface area (Å²) in [5, 5.41) is -0.423. The molecule has 2 heterocycles. The van der Waals surface area contributed by atoms with Crippen LogP contribution >= 0.6 is 0 Å². The lowest BCUT2D eigenvalue weighted by Crippen LogP contribution is -1.98. The van der Waals surface area contributed by atoms with Crippen LogP contribution < -0.4 is 0 Å². The summed E-state index contributed by atoms with van der Waals surface area (Å²) in [6, 6.07) is 3.50. The van der Waals surface area contributed by atoms with Crippen molar-refractivity contribution in [2.75, 3.05) is 0 Å². The van der Waals surface area contributed by atoms with E-state index in [4.69, 9.17) is 0 Å². The minimum absolute atomic E-state index is 0.423. The highest BCUT2D eigenvalue weighted by atomic mass is 32.3. The first kappa shape index (κ1) is 10.1. The molecule has 0 radical (unpaired) electrons. The lowest BCUT2D eigenvalue weighted by Gasteiger charge is -2.00. The molecule has 0 amide bonds. The average molecular weight is 228 g/mol. The summed E-state index contributed by atoms with van der Waals surface area (Å²) < 4.78 is 35.6. The van der Waals surface area contributed by atoms with Gasteiger partial charge in [-0.15, -0.1) is 0 Å². The molecule has 0 saturated carbocycles. The molecule has 4 nitrogen and oxygen atoms in total. The fourth-order valence-corrected chi connectivity index (χ4v) is 2.06. The highest BCUT2D eigenvalue weighted by Crippen LogP contribution is 2.17. The average Bonchev–Trinajstić information content (AvgIpc) is 2.59. The van der Waals surface area contributed by atoms with E-state index in [1.165, 1.54) is 10.6 Å². The predicted molar refractivity (Wildman–Crippen MR) is 52.9 cm³/mol. The summed E-state index contributed by atoms with van der Waals surface area (Å²) in [4.78, 5) is 3.90. The first-order chi connectivity index (χ1) is 7.04. The number of rotatable bonds is 2. The Morgan fingerprint density at radius 1 is 1.53 bits per heavy atom. The quantitative estimate of drug-likeness (QED) is 0.733. The molecule has 0 aliphatic rings. The van der Waals surface area contributed by atoms with Crippen molar-refractivity contribution in [2.24, 2.45) is 0 Å². The topological polar surface area (TPSA) is 51.4 Å². The van der Waals surface area contributed by atoms with Crippen molar-refractivity contribution in [3.05, 3.63) is 30.1 Å². The number of imidazole rings is 1. The minimum atomic E-state index is -4.71. The Balaban J connectivity index is 2.83. The molecule has 2 aromatic rings. The molecule has 0 spiro atoms. The van der Waals surface area contributed by atoms with E-state index in [0.717, 1.165) is 11.8 Å². The van der Waals surface area contributed by atoms with E-state index in [0.29, 0.717) is 12.1 Å². The second-order valence-electron chi connectivity index (χ2n) is 3.11. The summed E-state index contributed by atoms with van der Waals surface area (Å²) in [7, 11) is -4.71. The van der Waals surface area contributed by atoms with Crippen molar-refractivity contribution in [2.45, 2.75) is 18.4 Å². The van der Waals surface area contributed by atoms with Crippen molar-refractivity contribution in [3.63, 3.8) is 0 Å². The van der Waals surface area contributed by atoms with Gasteiger partial charge >= 0.3 is 10.2 Å². The zero-order valence-electron chi connectivity index (χ0n) is 8.01. The van der Waals surface area contributed by atoms with Crippen LogP contribution in [0.4, 0.5) is 3.89 Å². The van der Waals surface area contributed by atoms with E-state index in [2.05, 4.69) is 4.98 Å². The fourth-order valence-electron chi connectivity index (χ4n) is 1.50. The van der Waals surface area contributed by atoms with Crippen molar-refractivity contribution < 1.29 is 12.3 Å². The number of pyridine rings is 1. The molecule has 0 aromatic carbocycles. The Morgan fingerprint density at radius 3 is 2.87 bits per heavy atom. The number of halogens is 1. The van der Waals surface area contributed by atoms with Crippen LogP contribution in [0.3, 0.4) is 0 Å². The van der Waals surface area contributed by atoms with E-state index in [1.807, 2.05) is 13.0 Å². The summed E-state index contributed by atoms with van der Waals surface area (Å²) >= 11 is 0. The van der Waals surface area contributed by atoms with E-state index in [1.54, 1.807) is 6.07 Å². The SMILES string of the molecule is CCc1cccn2c(S(=O)(=O)F)cnc12. The second kappa shape index (κ2) is 3.30. The van der Waals surface area contributed by atoms with Crippen molar-refractivity contribution >= 4 is 15.9 Å². The van der Waals surface area contributed by atoms with Crippen molar-refractivity contribution in [1.82, 2.24) is 9.38 Å². The predicted octanol–water partition coefficient (Wildman–Crippen LogP) is 1.55. The Hall–Kier alpha value is -1.43. The maximum atomic E-state index is 12.8. The van der Waals surface area contributed by atoms with Gasteiger partial charge in [0.15, 0.2) is 5.03 Å². The highest BCUT2D eigenvalue weighted by molar-refractivity contribution is 7.86. The maximum absolute atomic E-state index is 12.8. The van der Waals surface area contributed by atoms with Gasteiger partial charge in [-0.3, -0.25) is 4.40 Å². The Labute approximate surface area is 86.6 Å². The van der Waals surface area contributed by atoms with Gasteiger partial charge in [-0.05, 0) is 18.1 Å². The van der Waals surface area contributed by atoms with Gasteiger partial charge in [0.05, 0.1) is 6.20 Å². The van der Waals surface area contributed by atoms with E-state index in [9.17, 15) is 12.3 Å². The van der Waals surface area contributed by atoms with Gasteiger partial charge in [0.2, 0.25) is 0 Å². The molecule has 15 heavy (non-hydrogen) atoms. The molecule has 0 N–H and O–H groups in total. The van der Waals surface area contributed by atoms with Crippen LogP contribution in [0.15, 0.2) is 29.6 Å². The molecule has 0 saturated heterocycles. The molecular formula is C9H9FN2O2S. The smallest absolute Gasteiger partial charge is 0.288 e. The largest absolute Gasteiger partial charge is 0.349 e. The Bertz CT molecular complexity index is 604. The zero-order chi connectivity index (χ0) is 11.1. The molecule has 0 aliphatic heterocycles. The van der Waals surface area contributed by atoms with Gasteiger partial charge in [0.1, 0.15) is 5.65 Å². The van der Waals surface area contributed by atoms with Gasteiger partial charge in [-0.1, -0.05) is 16.9 Å². The standard InChI is InChI=1S/C9H9FN2O2S/c1-2-7-4-3-5-12-8(15(10,13)14)6-11-9(7)12/h3-6H,2H2,1H3. The molecule has 0 fully saturated rings. The Kier molecular flexibility index (Phi) is 2.22. The third-order valence-electron chi connectivity index (χ3n) is 2.21. The number of hydrogen-bond acceptors (Lipinski definition) is 3. The van der Waals surface area contributed by atoms with Gasteiger partial charge in [0.25, 0.3) is 0 Å². The van der Waals surface area contributed by atoms with E-state index >= 15 is 0 Å². The number of aromatic nitrogens is 2. The highest BCUT2D eigenvalue weighted by Gasteiger charge is 2.18. The van der Waals surface area contributed by atoms with Crippen LogP contribution in [0.25, 0.3) is 5.65 Å². The molecule has 0 atom stereocenters. The number of nitrogens with zero attached hydrogens (tertiary/aromatic N) is 2. The van der Waals surface area contributed by atoms with Gasteiger partial charge < -0.3 is 0 Å². The molecule has 2 aromatic heterocycles. The summed E-state index contributed by atoms with van der Waals surface area (Å²) in [6.45, 7) is 1.92. The number of fused-ring (bicyclic) bond motifs is 1. The number of hydrogen-bond donors (Lipinski definition) is 0. The van der Waals surface area contributed by atoms with E-state index < -0.39 is 15.2 Å². The number of aryl methyl sites for hydroxylation is 1. The maximum Gasteiger partial charge on any atom is 0.349 e. The lowest BCUT2D eigenvalue weighted by molar-refractivity contribution is 0.546. The molecule has 0 bridgehead atoms. The van der Waals surface area contributed by atoms with Crippen LogP contribution in [0.5, 0.6) is 0 Å². The van der Waals surface area contributed by atoms with Gasteiger partial charge in [-0.2, -0.15) is 8.42 Å². The minimum Gasteiger partial charge on any atom is -0.288 e. The summed E-state index contributed by atoms with van der Waals surface area (Å²) in [6.07, 6.45) is 3.23. The molecule has 6 heteroatoms. The van der Waals surface area contributed by atoms with Crippen molar-refractivity contribution in [1.29, 1.82) is 0 Å². The van der Waals surface area contributed by atoms with Gasteiger partial charge in [0, 0.05) is 6.20 Å². The van der Waals surface area contributed by atoms with Crippen LogP contribution in [-0.4, -0.2) is 17.8 Å². The molecular weight excluding hydrogens is 219 g/mol.